The number of halogens is 2. The molecule has 9 nitrogen and oxygen atoms in total. The topological polar surface area (TPSA) is 98.1 Å². The highest BCUT2D eigenvalue weighted by Crippen LogP contribution is 2.40. The Hall–Kier alpha value is -4.47. The fourth-order valence-corrected chi connectivity index (χ4v) is 5.60. The lowest BCUT2D eigenvalue weighted by molar-refractivity contribution is -0.130. The zero-order valence-corrected chi connectivity index (χ0v) is 27.4. The molecule has 46 heavy (non-hydrogen) atoms. The van der Waals surface area contributed by atoms with Crippen LogP contribution in [-0.2, 0) is 35.5 Å². The highest BCUT2D eigenvalue weighted by Gasteiger charge is 2.24. The number of unbranched alkanes of at least 4 members (excludes halogenated alkanes) is 1. The molecular weight excluding hydrogens is 631 g/mol. The first-order chi connectivity index (χ1) is 22.2. The predicted octanol–water partition coefficient (Wildman–Crippen LogP) is 7.67. The fraction of sp³-hybridized carbons (Fsp3) is 0.286. The number of hydrogen-bond donors (Lipinski definition) is 0. The van der Waals surface area contributed by atoms with Gasteiger partial charge in [0.25, 0.3) is 0 Å². The number of hydrogen-bond acceptors (Lipinski definition) is 8. The van der Waals surface area contributed by atoms with E-state index in [1.165, 1.54) is 13.3 Å². The Balaban J connectivity index is 1.44. The number of nitrogens with zero attached hydrogens (tertiary/aromatic N) is 2. The summed E-state index contributed by atoms with van der Waals surface area (Å²) in [7, 11) is 2.89. The number of benzene rings is 3. The van der Waals surface area contributed by atoms with Crippen molar-refractivity contribution >= 4 is 35.1 Å². The summed E-state index contributed by atoms with van der Waals surface area (Å²) in [6, 6.07) is 13.9. The van der Waals surface area contributed by atoms with E-state index in [1.807, 2.05) is 12.1 Å². The van der Waals surface area contributed by atoms with Gasteiger partial charge in [-0.2, -0.15) is 5.10 Å². The highest BCUT2D eigenvalue weighted by molar-refractivity contribution is 6.32. The Morgan fingerprint density at radius 1 is 1.07 bits per heavy atom. The third-order valence-electron chi connectivity index (χ3n) is 7.61. The maximum atomic E-state index is 13.4. The largest absolute Gasteiger partial charge is 0.496 e. The van der Waals surface area contributed by atoms with Crippen LogP contribution >= 0.6 is 23.2 Å². The predicted molar refractivity (Wildman–Crippen MR) is 175 cm³/mol. The molecule has 5 rings (SSSR count). The van der Waals surface area contributed by atoms with Gasteiger partial charge in [-0.15, -0.1) is 0 Å². The van der Waals surface area contributed by atoms with Crippen molar-refractivity contribution in [2.24, 2.45) is 0 Å². The van der Waals surface area contributed by atoms with Crippen molar-refractivity contribution in [2.75, 3.05) is 20.8 Å². The maximum absolute atomic E-state index is 13.4. The molecule has 2 heterocycles. The summed E-state index contributed by atoms with van der Waals surface area (Å²) < 4.78 is 30.2. The maximum Gasteiger partial charge on any atom is 0.339 e. The number of carbonyl (C=O) groups is 2. The van der Waals surface area contributed by atoms with E-state index in [1.54, 1.807) is 48.2 Å². The second-order valence-corrected chi connectivity index (χ2v) is 11.5. The van der Waals surface area contributed by atoms with E-state index in [0.717, 1.165) is 36.1 Å². The van der Waals surface area contributed by atoms with Gasteiger partial charge < -0.3 is 23.7 Å². The highest BCUT2D eigenvalue weighted by atomic mass is 35.5. The minimum Gasteiger partial charge on any atom is -0.496 e. The van der Waals surface area contributed by atoms with Crippen LogP contribution in [0, 0.1) is 0 Å². The molecule has 0 aliphatic carbocycles. The summed E-state index contributed by atoms with van der Waals surface area (Å²) in [5.41, 5.74) is 3.90. The molecule has 0 unspecified atom stereocenters. The van der Waals surface area contributed by atoms with Crippen LogP contribution in [0.4, 0.5) is 0 Å². The van der Waals surface area contributed by atoms with Crippen LogP contribution in [-0.4, -0.2) is 42.5 Å². The molecule has 0 fully saturated rings. The van der Waals surface area contributed by atoms with Gasteiger partial charge in [0.2, 0.25) is 0 Å². The molecular formula is C35H34Cl2N2O7. The summed E-state index contributed by atoms with van der Waals surface area (Å²) in [5.74, 6) is 0.886. The first kappa shape index (κ1) is 32.9. The van der Waals surface area contributed by atoms with Crippen LogP contribution in [0.15, 0.2) is 66.9 Å². The molecule has 0 bridgehead atoms. The first-order valence-electron chi connectivity index (χ1n) is 14.8. The van der Waals surface area contributed by atoms with Crippen molar-refractivity contribution in [3.05, 3.63) is 99.2 Å². The molecule has 0 saturated heterocycles. The summed E-state index contributed by atoms with van der Waals surface area (Å²) in [6.45, 7) is 7.20. The van der Waals surface area contributed by atoms with Crippen molar-refractivity contribution in [1.82, 2.24) is 9.78 Å². The van der Waals surface area contributed by atoms with Crippen molar-refractivity contribution < 1.29 is 33.3 Å². The quantitative estimate of drug-likeness (QED) is 0.106. The van der Waals surface area contributed by atoms with Crippen LogP contribution in [0.25, 0.3) is 11.3 Å². The molecule has 0 amide bonds. The van der Waals surface area contributed by atoms with Crippen LogP contribution < -0.4 is 18.9 Å². The third-order valence-corrected chi connectivity index (χ3v) is 8.20. The Bertz CT molecular complexity index is 1780. The van der Waals surface area contributed by atoms with Gasteiger partial charge in [-0.25, -0.2) is 9.59 Å². The number of esters is 2. The van der Waals surface area contributed by atoms with Gasteiger partial charge in [-0.05, 0) is 48.9 Å². The van der Waals surface area contributed by atoms with Gasteiger partial charge in [0.15, 0.2) is 5.75 Å². The molecule has 0 saturated carbocycles. The number of ether oxygens (including phenoxy) is 5. The van der Waals surface area contributed by atoms with Crippen molar-refractivity contribution in [2.45, 2.75) is 45.8 Å². The second-order valence-electron chi connectivity index (χ2n) is 10.7. The minimum atomic E-state index is -0.616. The summed E-state index contributed by atoms with van der Waals surface area (Å²) >= 11 is 12.9. The van der Waals surface area contributed by atoms with Crippen molar-refractivity contribution in [1.29, 1.82) is 0 Å². The first-order valence-corrected chi connectivity index (χ1v) is 15.6. The van der Waals surface area contributed by atoms with Crippen LogP contribution in [0.5, 0.6) is 23.0 Å². The minimum absolute atomic E-state index is 0.0567. The van der Waals surface area contributed by atoms with E-state index >= 15 is 0 Å². The summed E-state index contributed by atoms with van der Waals surface area (Å²) in [4.78, 5) is 25.8. The Morgan fingerprint density at radius 2 is 1.89 bits per heavy atom. The van der Waals surface area contributed by atoms with Crippen molar-refractivity contribution in [3.63, 3.8) is 0 Å². The average Bonchev–Trinajstić information content (AvgIpc) is 3.68. The molecule has 3 aromatic carbocycles. The van der Waals surface area contributed by atoms with E-state index in [2.05, 4.69) is 18.6 Å². The smallest absolute Gasteiger partial charge is 0.339 e. The van der Waals surface area contributed by atoms with E-state index in [-0.39, 0.29) is 29.9 Å². The number of aryl methyl sites for hydroxylation is 1. The zero-order chi connectivity index (χ0) is 32.8. The SMILES string of the molecule is C=C(Cc1cc2c(cc1OC)CCO2)C(=O)Oc1cnn(CCCC)c1-c1ccc(Cl)cc1OCc1c(Cl)cccc1C(=O)OC. The molecule has 0 atom stereocenters. The molecule has 1 aliphatic heterocycles. The second kappa shape index (κ2) is 14.7. The van der Waals surface area contributed by atoms with Gasteiger partial charge in [0, 0.05) is 57.3 Å². The Kier molecular flexibility index (Phi) is 10.6. The van der Waals surface area contributed by atoms with E-state index in [4.69, 9.17) is 46.9 Å². The normalized spacial score (nSPS) is 11.8. The molecule has 0 spiro atoms. The molecule has 1 aromatic heterocycles. The number of carbonyl (C=O) groups excluding carboxylic acids is 2. The summed E-state index contributed by atoms with van der Waals surface area (Å²) in [5, 5.41) is 5.31. The number of aromatic nitrogens is 2. The molecule has 4 aromatic rings. The Labute approximate surface area is 277 Å². The zero-order valence-electron chi connectivity index (χ0n) is 25.9. The van der Waals surface area contributed by atoms with Gasteiger partial charge in [-0.3, -0.25) is 4.68 Å². The monoisotopic (exact) mass is 664 g/mol. The summed E-state index contributed by atoms with van der Waals surface area (Å²) in [6.07, 6.45) is 4.27. The fourth-order valence-electron chi connectivity index (χ4n) is 5.21. The van der Waals surface area contributed by atoms with E-state index in [0.29, 0.717) is 51.5 Å². The van der Waals surface area contributed by atoms with Crippen LogP contribution in [0.2, 0.25) is 10.0 Å². The molecule has 240 valence electrons. The number of methoxy groups -OCH3 is 2. The van der Waals surface area contributed by atoms with Gasteiger partial charge in [0.1, 0.15) is 29.5 Å². The number of fused-ring (bicyclic) bond motifs is 1. The third kappa shape index (κ3) is 7.16. The molecule has 0 radical (unpaired) electrons. The molecule has 11 heteroatoms. The number of rotatable bonds is 13. The lowest BCUT2D eigenvalue weighted by Gasteiger charge is -2.17. The van der Waals surface area contributed by atoms with Crippen LogP contribution in [0.1, 0.15) is 46.8 Å². The lowest BCUT2D eigenvalue weighted by atomic mass is 10.0. The van der Waals surface area contributed by atoms with E-state index < -0.39 is 11.9 Å². The van der Waals surface area contributed by atoms with E-state index in [9.17, 15) is 9.59 Å². The molecule has 1 aliphatic rings. The standard InChI is InChI=1S/C35H34Cl2N2O7/c1-5-6-13-39-33(26-11-10-24(36)18-31(26)45-20-27-25(35(41)43-4)8-7-9-28(27)37)32(19-38-39)46-34(40)21(2)15-23-17-30-22(12-14-44-30)16-29(23)42-3/h7-11,16-19H,2,5-6,12-15,20H2,1,3-4H3. The van der Waals surface area contributed by atoms with Gasteiger partial charge in [-0.1, -0.05) is 49.2 Å². The molecule has 0 N–H and O–H groups in total. The Morgan fingerprint density at radius 3 is 2.65 bits per heavy atom. The van der Waals surface area contributed by atoms with Gasteiger partial charge in [0.05, 0.1) is 32.6 Å². The van der Waals surface area contributed by atoms with Crippen LogP contribution in [0.3, 0.4) is 0 Å². The lowest BCUT2D eigenvalue weighted by Crippen LogP contribution is -2.13. The van der Waals surface area contributed by atoms with Crippen molar-refractivity contribution in [3.8, 4) is 34.3 Å². The average molecular weight is 666 g/mol. The van der Waals surface area contributed by atoms with Gasteiger partial charge >= 0.3 is 11.9 Å².